The highest BCUT2D eigenvalue weighted by Crippen LogP contribution is 2.46. The number of benzene rings is 1. The summed E-state index contributed by atoms with van der Waals surface area (Å²) < 4.78 is 2.00. The topological polar surface area (TPSA) is 43.8 Å². The van der Waals surface area contributed by atoms with Crippen LogP contribution in [0.4, 0.5) is 0 Å². The van der Waals surface area contributed by atoms with Crippen molar-refractivity contribution in [2.75, 3.05) is 0 Å². The molecule has 1 aliphatic carbocycles. The summed E-state index contributed by atoms with van der Waals surface area (Å²) in [4.78, 5) is 0. The fourth-order valence-electron chi connectivity index (χ4n) is 3.74. The summed E-state index contributed by atoms with van der Waals surface area (Å²) in [6.07, 6.45) is 6.96. The highest BCUT2D eigenvalue weighted by molar-refractivity contribution is 5.33. The van der Waals surface area contributed by atoms with Gasteiger partial charge in [0.05, 0.1) is 17.4 Å². The molecule has 1 heterocycles. The molecule has 2 atom stereocenters. The van der Waals surface area contributed by atoms with Crippen molar-refractivity contribution in [1.29, 1.82) is 0 Å². The van der Waals surface area contributed by atoms with Gasteiger partial charge in [0.2, 0.25) is 0 Å². The maximum atomic E-state index is 6.67. The van der Waals surface area contributed by atoms with E-state index in [-0.39, 0.29) is 6.04 Å². The molecule has 2 unspecified atom stereocenters. The molecule has 2 aromatic rings. The van der Waals surface area contributed by atoms with E-state index < -0.39 is 0 Å². The Kier molecular flexibility index (Phi) is 3.85. The predicted molar refractivity (Wildman–Crippen MR) is 86.2 cm³/mol. The zero-order valence-corrected chi connectivity index (χ0v) is 13.0. The molecule has 2 N–H and O–H groups in total. The molecule has 0 radical (unpaired) electrons. The number of hydrogen-bond donors (Lipinski definition) is 1. The van der Waals surface area contributed by atoms with Gasteiger partial charge in [-0.25, -0.2) is 4.68 Å². The molecular weight excluding hydrogens is 258 g/mol. The number of nitrogens with two attached hydrogens (primary N) is 1. The Labute approximate surface area is 127 Å². The maximum absolute atomic E-state index is 6.67. The number of aromatic nitrogens is 2. The van der Waals surface area contributed by atoms with Crippen LogP contribution in [0, 0.1) is 11.3 Å². The molecule has 1 aromatic heterocycles. The first kappa shape index (κ1) is 14.3. The van der Waals surface area contributed by atoms with Gasteiger partial charge in [0.15, 0.2) is 0 Å². The lowest BCUT2D eigenvalue weighted by molar-refractivity contribution is 0.110. The van der Waals surface area contributed by atoms with E-state index in [1.165, 1.54) is 25.7 Å². The summed E-state index contributed by atoms with van der Waals surface area (Å²) in [5, 5.41) is 4.49. The van der Waals surface area contributed by atoms with Gasteiger partial charge in [-0.3, -0.25) is 0 Å². The van der Waals surface area contributed by atoms with Crippen molar-refractivity contribution in [3.8, 4) is 5.69 Å². The molecule has 1 fully saturated rings. The Bertz CT molecular complexity index is 586. The molecule has 1 aliphatic rings. The van der Waals surface area contributed by atoms with Crippen LogP contribution in [-0.2, 0) is 0 Å². The summed E-state index contributed by atoms with van der Waals surface area (Å²) in [5.41, 5.74) is 9.19. The second-order valence-corrected chi connectivity index (χ2v) is 6.87. The van der Waals surface area contributed by atoms with Crippen LogP contribution in [0.1, 0.15) is 51.3 Å². The largest absolute Gasteiger partial charge is 0.322 e. The zero-order chi connectivity index (χ0) is 14.9. The number of nitrogens with zero attached hydrogens (tertiary/aromatic N) is 2. The van der Waals surface area contributed by atoms with Gasteiger partial charge in [0.25, 0.3) is 0 Å². The Morgan fingerprint density at radius 1 is 1.19 bits per heavy atom. The molecule has 0 amide bonds. The van der Waals surface area contributed by atoms with Crippen molar-refractivity contribution in [3.05, 3.63) is 48.3 Å². The van der Waals surface area contributed by atoms with Crippen molar-refractivity contribution in [2.45, 2.75) is 45.6 Å². The van der Waals surface area contributed by atoms with Gasteiger partial charge >= 0.3 is 0 Å². The third kappa shape index (κ3) is 2.75. The maximum Gasteiger partial charge on any atom is 0.0649 e. The minimum absolute atomic E-state index is 0.0445. The SMILES string of the molecule is CC1(C)CCCCC1C(N)c1ccnn1-c1ccccc1. The number of rotatable bonds is 3. The lowest BCUT2D eigenvalue weighted by atomic mass is 9.65. The Morgan fingerprint density at radius 2 is 1.95 bits per heavy atom. The molecule has 0 aliphatic heterocycles. The Hall–Kier alpha value is -1.61. The Balaban J connectivity index is 1.92. The third-order valence-electron chi connectivity index (χ3n) is 5.04. The van der Waals surface area contributed by atoms with Crippen LogP contribution in [-0.4, -0.2) is 9.78 Å². The van der Waals surface area contributed by atoms with Gasteiger partial charge in [0.1, 0.15) is 0 Å². The molecule has 21 heavy (non-hydrogen) atoms. The number of para-hydroxylation sites is 1. The van der Waals surface area contributed by atoms with E-state index in [1.54, 1.807) is 0 Å². The van der Waals surface area contributed by atoms with E-state index in [1.807, 2.05) is 29.1 Å². The minimum atomic E-state index is 0.0445. The van der Waals surface area contributed by atoms with Crippen LogP contribution in [0.2, 0.25) is 0 Å². The lowest BCUT2D eigenvalue weighted by Gasteiger charge is -2.42. The molecule has 1 saturated carbocycles. The van der Waals surface area contributed by atoms with Crippen LogP contribution in [0.15, 0.2) is 42.6 Å². The molecule has 0 saturated heterocycles. The molecule has 0 bridgehead atoms. The van der Waals surface area contributed by atoms with Crippen molar-refractivity contribution < 1.29 is 0 Å². The summed E-state index contributed by atoms with van der Waals surface area (Å²) in [6.45, 7) is 4.72. The van der Waals surface area contributed by atoms with Crippen LogP contribution < -0.4 is 5.73 Å². The van der Waals surface area contributed by atoms with Crippen molar-refractivity contribution in [1.82, 2.24) is 9.78 Å². The van der Waals surface area contributed by atoms with Gasteiger partial charge in [-0.15, -0.1) is 0 Å². The normalized spacial score (nSPS) is 22.9. The van der Waals surface area contributed by atoms with Crippen LogP contribution in [0.25, 0.3) is 5.69 Å². The van der Waals surface area contributed by atoms with E-state index in [2.05, 4.69) is 37.1 Å². The first-order valence-corrected chi connectivity index (χ1v) is 7.94. The van der Waals surface area contributed by atoms with Crippen molar-refractivity contribution >= 4 is 0 Å². The average molecular weight is 283 g/mol. The smallest absolute Gasteiger partial charge is 0.0649 e. The highest BCUT2D eigenvalue weighted by Gasteiger charge is 2.37. The highest BCUT2D eigenvalue weighted by atomic mass is 15.3. The molecule has 3 heteroatoms. The van der Waals surface area contributed by atoms with Crippen molar-refractivity contribution in [3.63, 3.8) is 0 Å². The summed E-state index contributed by atoms with van der Waals surface area (Å²) in [6, 6.07) is 12.4. The monoisotopic (exact) mass is 283 g/mol. The second kappa shape index (κ2) is 5.64. The summed E-state index contributed by atoms with van der Waals surface area (Å²) >= 11 is 0. The molecule has 0 spiro atoms. The van der Waals surface area contributed by atoms with E-state index in [9.17, 15) is 0 Å². The van der Waals surface area contributed by atoms with E-state index >= 15 is 0 Å². The van der Waals surface area contributed by atoms with Crippen LogP contribution in [0.3, 0.4) is 0 Å². The summed E-state index contributed by atoms with van der Waals surface area (Å²) in [7, 11) is 0. The predicted octanol–water partition coefficient (Wildman–Crippen LogP) is 4.09. The molecule has 3 rings (SSSR count). The van der Waals surface area contributed by atoms with Gasteiger partial charge in [-0.05, 0) is 42.4 Å². The van der Waals surface area contributed by atoms with Crippen LogP contribution >= 0.6 is 0 Å². The van der Waals surface area contributed by atoms with Crippen LogP contribution in [0.5, 0.6) is 0 Å². The second-order valence-electron chi connectivity index (χ2n) is 6.87. The standard InChI is InChI=1S/C18H25N3/c1-18(2)12-7-6-10-15(18)17(19)16-11-13-20-21(16)14-8-4-3-5-9-14/h3-5,8-9,11,13,15,17H,6-7,10,12,19H2,1-2H3. The lowest BCUT2D eigenvalue weighted by Crippen LogP contribution is -2.37. The quantitative estimate of drug-likeness (QED) is 0.922. The molecule has 112 valence electrons. The first-order valence-electron chi connectivity index (χ1n) is 7.94. The van der Waals surface area contributed by atoms with Gasteiger partial charge in [-0.2, -0.15) is 5.10 Å². The van der Waals surface area contributed by atoms with E-state index in [0.717, 1.165) is 11.4 Å². The zero-order valence-electron chi connectivity index (χ0n) is 13.0. The van der Waals surface area contributed by atoms with Crippen molar-refractivity contribution in [2.24, 2.45) is 17.1 Å². The minimum Gasteiger partial charge on any atom is -0.322 e. The van der Waals surface area contributed by atoms with Gasteiger partial charge in [-0.1, -0.05) is 44.9 Å². The number of hydrogen-bond acceptors (Lipinski definition) is 2. The molecular formula is C18H25N3. The molecule has 3 nitrogen and oxygen atoms in total. The van der Waals surface area contributed by atoms with E-state index in [4.69, 9.17) is 5.73 Å². The third-order valence-corrected chi connectivity index (χ3v) is 5.04. The van der Waals surface area contributed by atoms with Gasteiger partial charge in [0, 0.05) is 6.20 Å². The summed E-state index contributed by atoms with van der Waals surface area (Å²) in [5.74, 6) is 0.519. The fraction of sp³-hybridized carbons (Fsp3) is 0.500. The Morgan fingerprint density at radius 3 is 2.67 bits per heavy atom. The molecule has 1 aromatic carbocycles. The average Bonchev–Trinajstić information content (AvgIpc) is 2.96. The van der Waals surface area contributed by atoms with E-state index in [0.29, 0.717) is 11.3 Å². The fourth-order valence-corrected chi connectivity index (χ4v) is 3.74. The first-order chi connectivity index (χ1) is 10.1. The van der Waals surface area contributed by atoms with Gasteiger partial charge < -0.3 is 5.73 Å².